The van der Waals surface area contributed by atoms with E-state index in [1.54, 1.807) is 13.0 Å². The highest BCUT2D eigenvalue weighted by Crippen LogP contribution is 2.31. The fourth-order valence-electron chi connectivity index (χ4n) is 2.16. The third-order valence-corrected chi connectivity index (χ3v) is 3.48. The molecular formula is C18H20F2N2O3. The monoisotopic (exact) mass is 350 g/mol. The van der Waals surface area contributed by atoms with Crippen molar-refractivity contribution in [1.82, 2.24) is 0 Å². The number of ether oxygens (including phenoxy) is 2. The Labute approximate surface area is 144 Å². The molecule has 0 aliphatic heterocycles. The summed E-state index contributed by atoms with van der Waals surface area (Å²) in [5.74, 6) is -0.174. The zero-order valence-corrected chi connectivity index (χ0v) is 14.2. The van der Waals surface area contributed by atoms with Gasteiger partial charge in [0.05, 0.1) is 7.11 Å². The third kappa shape index (κ3) is 5.34. The van der Waals surface area contributed by atoms with Gasteiger partial charge in [-0.2, -0.15) is 8.78 Å². The molecule has 25 heavy (non-hydrogen) atoms. The highest BCUT2D eigenvalue weighted by molar-refractivity contribution is 5.96. The quantitative estimate of drug-likeness (QED) is 0.791. The van der Waals surface area contributed by atoms with E-state index >= 15 is 0 Å². The Bertz CT molecular complexity index is 721. The van der Waals surface area contributed by atoms with Crippen LogP contribution in [0.1, 0.15) is 12.5 Å². The maximum atomic E-state index is 12.5. The van der Waals surface area contributed by atoms with E-state index in [4.69, 9.17) is 4.74 Å². The molecule has 0 aromatic heterocycles. The van der Waals surface area contributed by atoms with Crippen molar-refractivity contribution in [1.29, 1.82) is 0 Å². The minimum Gasteiger partial charge on any atom is -0.493 e. The minimum atomic E-state index is -2.97. The lowest BCUT2D eigenvalue weighted by Gasteiger charge is -2.17. The largest absolute Gasteiger partial charge is 0.493 e. The topological polar surface area (TPSA) is 59.6 Å². The average Bonchev–Trinajstić information content (AvgIpc) is 2.56. The smallest absolute Gasteiger partial charge is 0.387 e. The molecular weight excluding hydrogens is 330 g/mol. The lowest BCUT2D eigenvalue weighted by Crippen LogP contribution is -2.31. The van der Waals surface area contributed by atoms with Gasteiger partial charge in [-0.05, 0) is 38.1 Å². The normalized spacial score (nSPS) is 11.8. The van der Waals surface area contributed by atoms with Crippen LogP contribution in [0.4, 0.5) is 20.2 Å². The number of nitrogens with one attached hydrogen (secondary N) is 2. The molecule has 0 aliphatic carbocycles. The van der Waals surface area contributed by atoms with Crippen molar-refractivity contribution in [3.8, 4) is 11.5 Å². The van der Waals surface area contributed by atoms with E-state index in [0.29, 0.717) is 11.4 Å². The van der Waals surface area contributed by atoms with Crippen LogP contribution in [-0.4, -0.2) is 25.7 Å². The predicted octanol–water partition coefficient (Wildman–Crippen LogP) is 4.04. The molecule has 2 N–H and O–H groups in total. The van der Waals surface area contributed by atoms with Crippen molar-refractivity contribution in [3.05, 3.63) is 48.0 Å². The molecule has 0 radical (unpaired) electrons. The van der Waals surface area contributed by atoms with Gasteiger partial charge in [0, 0.05) is 17.4 Å². The molecule has 2 rings (SSSR count). The molecule has 1 amide bonds. The van der Waals surface area contributed by atoms with E-state index in [9.17, 15) is 13.6 Å². The van der Waals surface area contributed by atoms with Crippen LogP contribution < -0.4 is 20.1 Å². The molecule has 134 valence electrons. The first-order valence-electron chi connectivity index (χ1n) is 7.66. The summed E-state index contributed by atoms with van der Waals surface area (Å²) >= 11 is 0. The van der Waals surface area contributed by atoms with E-state index < -0.39 is 12.7 Å². The number of methoxy groups -OCH3 is 1. The predicted molar refractivity (Wildman–Crippen MR) is 92.5 cm³/mol. The number of halogens is 2. The van der Waals surface area contributed by atoms with Crippen LogP contribution in [0.5, 0.6) is 11.5 Å². The number of rotatable bonds is 7. The maximum Gasteiger partial charge on any atom is 0.387 e. The van der Waals surface area contributed by atoms with Gasteiger partial charge >= 0.3 is 6.61 Å². The molecule has 1 atom stereocenters. The Hall–Kier alpha value is -2.83. The number of aryl methyl sites for hydroxylation is 1. The summed E-state index contributed by atoms with van der Waals surface area (Å²) in [6.07, 6.45) is 0. The molecule has 1 unspecified atom stereocenters. The number of carbonyl (C=O) groups is 1. The van der Waals surface area contributed by atoms with Crippen LogP contribution in [-0.2, 0) is 4.79 Å². The molecule has 0 aliphatic rings. The molecule has 2 aromatic rings. The fraction of sp³-hybridized carbons (Fsp3) is 0.278. The van der Waals surface area contributed by atoms with Crippen LogP contribution in [0.25, 0.3) is 0 Å². The van der Waals surface area contributed by atoms with Crippen molar-refractivity contribution in [3.63, 3.8) is 0 Å². The Balaban J connectivity index is 2.04. The summed E-state index contributed by atoms with van der Waals surface area (Å²) in [4.78, 5) is 12.2. The van der Waals surface area contributed by atoms with E-state index in [1.807, 2.05) is 31.2 Å². The number of anilines is 2. The Morgan fingerprint density at radius 1 is 1.04 bits per heavy atom. The van der Waals surface area contributed by atoms with Crippen molar-refractivity contribution in [2.45, 2.75) is 26.5 Å². The Morgan fingerprint density at radius 2 is 1.68 bits per heavy atom. The van der Waals surface area contributed by atoms with Crippen molar-refractivity contribution < 1.29 is 23.0 Å². The van der Waals surface area contributed by atoms with Crippen LogP contribution in [0.15, 0.2) is 42.5 Å². The lowest BCUT2D eigenvalue weighted by molar-refractivity contribution is -0.116. The molecule has 0 bridgehead atoms. The summed E-state index contributed by atoms with van der Waals surface area (Å²) in [6.45, 7) is 0.659. The standard InChI is InChI=1S/C18H20F2N2O3/c1-11-4-6-13(7-5-11)22-17(23)12(2)21-14-8-9-15(24-3)16(10-14)25-18(19)20/h4-10,12,18,21H,1-3H3,(H,22,23). The fourth-order valence-corrected chi connectivity index (χ4v) is 2.16. The number of amides is 1. The first kappa shape index (κ1) is 18.5. The summed E-state index contributed by atoms with van der Waals surface area (Å²) in [5, 5.41) is 5.73. The van der Waals surface area contributed by atoms with Gasteiger partial charge in [0.15, 0.2) is 11.5 Å². The number of benzene rings is 2. The van der Waals surface area contributed by atoms with Crippen LogP contribution in [0.2, 0.25) is 0 Å². The van der Waals surface area contributed by atoms with E-state index in [1.165, 1.54) is 19.2 Å². The number of carbonyl (C=O) groups excluding carboxylic acids is 1. The van der Waals surface area contributed by atoms with Crippen molar-refractivity contribution >= 4 is 17.3 Å². The van der Waals surface area contributed by atoms with E-state index in [-0.39, 0.29) is 17.4 Å². The van der Waals surface area contributed by atoms with Gasteiger partial charge in [0.1, 0.15) is 6.04 Å². The lowest BCUT2D eigenvalue weighted by atomic mass is 10.2. The average molecular weight is 350 g/mol. The van der Waals surface area contributed by atoms with E-state index in [0.717, 1.165) is 5.56 Å². The second kappa shape index (κ2) is 8.32. The number of alkyl halides is 2. The molecule has 0 heterocycles. The van der Waals surface area contributed by atoms with Gasteiger partial charge in [-0.3, -0.25) is 4.79 Å². The van der Waals surface area contributed by atoms with Gasteiger partial charge in [0.2, 0.25) is 5.91 Å². The molecule has 2 aromatic carbocycles. The van der Waals surface area contributed by atoms with Crippen LogP contribution in [0, 0.1) is 6.92 Å². The Morgan fingerprint density at radius 3 is 2.28 bits per heavy atom. The van der Waals surface area contributed by atoms with Gasteiger partial charge in [-0.25, -0.2) is 0 Å². The molecule has 7 heteroatoms. The zero-order valence-electron chi connectivity index (χ0n) is 14.2. The molecule has 0 saturated heterocycles. The first-order valence-corrected chi connectivity index (χ1v) is 7.66. The van der Waals surface area contributed by atoms with Gasteiger partial charge in [-0.1, -0.05) is 17.7 Å². The maximum absolute atomic E-state index is 12.5. The highest BCUT2D eigenvalue weighted by atomic mass is 19.3. The summed E-state index contributed by atoms with van der Waals surface area (Å²) in [5.41, 5.74) is 2.23. The second-order valence-corrected chi connectivity index (χ2v) is 5.47. The SMILES string of the molecule is COc1ccc(NC(C)C(=O)Nc2ccc(C)cc2)cc1OC(F)F. The van der Waals surface area contributed by atoms with Gasteiger partial charge in [0.25, 0.3) is 0 Å². The molecule has 0 spiro atoms. The summed E-state index contributed by atoms with van der Waals surface area (Å²) in [6, 6.07) is 11.3. The third-order valence-electron chi connectivity index (χ3n) is 3.48. The number of hydrogen-bond acceptors (Lipinski definition) is 4. The van der Waals surface area contributed by atoms with Crippen molar-refractivity contribution in [2.75, 3.05) is 17.7 Å². The van der Waals surface area contributed by atoms with Crippen LogP contribution in [0.3, 0.4) is 0 Å². The zero-order chi connectivity index (χ0) is 18.4. The highest BCUT2D eigenvalue weighted by Gasteiger charge is 2.15. The number of hydrogen-bond donors (Lipinski definition) is 2. The summed E-state index contributed by atoms with van der Waals surface area (Å²) in [7, 11) is 1.36. The first-order chi connectivity index (χ1) is 11.9. The molecule has 0 saturated carbocycles. The minimum absolute atomic E-state index is 0.103. The Kier molecular flexibility index (Phi) is 6.16. The van der Waals surface area contributed by atoms with Gasteiger partial charge in [-0.15, -0.1) is 0 Å². The summed E-state index contributed by atoms with van der Waals surface area (Å²) < 4.78 is 34.3. The molecule has 5 nitrogen and oxygen atoms in total. The van der Waals surface area contributed by atoms with Gasteiger partial charge < -0.3 is 20.1 Å². The molecule has 0 fully saturated rings. The van der Waals surface area contributed by atoms with E-state index in [2.05, 4.69) is 15.4 Å². The van der Waals surface area contributed by atoms with Crippen LogP contribution >= 0.6 is 0 Å². The van der Waals surface area contributed by atoms with Crippen molar-refractivity contribution in [2.24, 2.45) is 0 Å². The second-order valence-electron chi connectivity index (χ2n) is 5.47.